The van der Waals surface area contributed by atoms with Crippen LogP contribution in [0.5, 0.6) is 0 Å². The van der Waals surface area contributed by atoms with Crippen LogP contribution in [0.15, 0.2) is 11.6 Å². The molecule has 0 aromatic rings. The smallest absolute Gasteiger partial charge is 0.320 e. The summed E-state index contributed by atoms with van der Waals surface area (Å²) in [7, 11) is 0. The number of ether oxygens (including phenoxy) is 2. The third-order valence-corrected chi connectivity index (χ3v) is 3.79. The van der Waals surface area contributed by atoms with Crippen molar-refractivity contribution in [2.75, 3.05) is 13.2 Å². The first-order chi connectivity index (χ1) is 10.9. The van der Waals surface area contributed by atoms with Gasteiger partial charge in [0.05, 0.1) is 13.2 Å². The predicted octanol–water partition coefficient (Wildman–Crippen LogP) is 4.67. The standard InChI is InChI=1S/C19H34O4/c1-6-22-18(20)17(19(21)23-7-2)14-9-8-12-16(5)13-10-11-15(3)4/h11,16-17H,6-10,12-14H2,1-5H3/t16-/m0/s1. The molecule has 0 radical (unpaired) electrons. The quantitative estimate of drug-likeness (QED) is 0.226. The minimum atomic E-state index is -0.768. The Kier molecular flexibility index (Phi) is 12.4. The summed E-state index contributed by atoms with van der Waals surface area (Å²) >= 11 is 0. The molecular formula is C19H34O4. The largest absolute Gasteiger partial charge is 0.465 e. The Morgan fingerprint density at radius 2 is 1.43 bits per heavy atom. The fourth-order valence-corrected chi connectivity index (χ4v) is 2.46. The average Bonchev–Trinajstić information content (AvgIpc) is 2.47. The molecule has 0 aliphatic heterocycles. The van der Waals surface area contributed by atoms with Crippen LogP contribution in [0.4, 0.5) is 0 Å². The molecule has 4 nitrogen and oxygen atoms in total. The van der Waals surface area contributed by atoms with Crippen LogP contribution in [0.2, 0.25) is 0 Å². The molecule has 0 fully saturated rings. The average molecular weight is 326 g/mol. The topological polar surface area (TPSA) is 52.6 Å². The van der Waals surface area contributed by atoms with Gasteiger partial charge in [-0.2, -0.15) is 0 Å². The van der Waals surface area contributed by atoms with Crippen LogP contribution in [-0.4, -0.2) is 25.2 Å². The highest BCUT2D eigenvalue weighted by molar-refractivity contribution is 5.94. The number of carbonyl (C=O) groups excluding carboxylic acids is 2. The Morgan fingerprint density at radius 1 is 0.913 bits per heavy atom. The van der Waals surface area contributed by atoms with E-state index in [0.29, 0.717) is 12.3 Å². The van der Waals surface area contributed by atoms with Crippen molar-refractivity contribution in [3.63, 3.8) is 0 Å². The fourth-order valence-electron chi connectivity index (χ4n) is 2.46. The first kappa shape index (κ1) is 21.7. The van der Waals surface area contributed by atoms with E-state index in [1.54, 1.807) is 13.8 Å². The lowest BCUT2D eigenvalue weighted by atomic mass is 9.95. The van der Waals surface area contributed by atoms with Gasteiger partial charge in [0, 0.05) is 0 Å². The lowest BCUT2D eigenvalue weighted by molar-refractivity contribution is -0.161. The fraction of sp³-hybridized carbons (Fsp3) is 0.789. The van der Waals surface area contributed by atoms with Crippen molar-refractivity contribution in [1.82, 2.24) is 0 Å². The maximum Gasteiger partial charge on any atom is 0.320 e. The summed E-state index contributed by atoms with van der Waals surface area (Å²) in [5, 5.41) is 0. The van der Waals surface area contributed by atoms with Gasteiger partial charge in [0.15, 0.2) is 5.92 Å². The maximum atomic E-state index is 11.9. The number of hydrogen-bond donors (Lipinski definition) is 0. The maximum absolute atomic E-state index is 11.9. The molecule has 0 heterocycles. The summed E-state index contributed by atoms with van der Waals surface area (Å²) in [4.78, 5) is 23.7. The molecule has 0 saturated carbocycles. The van der Waals surface area contributed by atoms with Crippen LogP contribution in [0.1, 0.15) is 73.1 Å². The van der Waals surface area contributed by atoms with E-state index in [0.717, 1.165) is 25.7 Å². The number of allylic oxidation sites excluding steroid dienone is 2. The van der Waals surface area contributed by atoms with Crippen LogP contribution < -0.4 is 0 Å². The van der Waals surface area contributed by atoms with E-state index in [9.17, 15) is 9.59 Å². The molecule has 0 unspecified atom stereocenters. The van der Waals surface area contributed by atoms with Crippen LogP contribution in [0.25, 0.3) is 0 Å². The molecule has 0 amide bonds. The van der Waals surface area contributed by atoms with Crippen molar-refractivity contribution in [3.8, 4) is 0 Å². The molecule has 1 atom stereocenters. The zero-order valence-corrected chi connectivity index (χ0v) is 15.5. The lowest BCUT2D eigenvalue weighted by Crippen LogP contribution is -2.28. The van der Waals surface area contributed by atoms with Crippen LogP contribution in [-0.2, 0) is 19.1 Å². The highest BCUT2D eigenvalue weighted by atomic mass is 16.6. The van der Waals surface area contributed by atoms with Crippen molar-refractivity contribution in [2.24, 2.45) is 11.8 Å². The van der Waals surface area contributed by atoms with Crippen molar-refractivity contribution in [2.45, 2.75) is 73.1 Å². The van der Waals surface area contributed by atoms with E-state index in [-0.39, 0.29) is 13.2 Å². The molecule has 0 spiro atoms. The van der Waals surface area contributed by atoms with Gasteiger partial charge in [-0.05, 0) is 52.9 Å². The Balaban J connectivity index is 4.13. The second-order valence-corrected chi connectivity index (χ2v) is 6.31. The lowest BCUT2D eigenvalue weighted by Gasteiger charge is -2.15. The van der Waals surface area contributed by atoms with E-state index < -0.39 is 17.9 Å². The Bertz CT molecular complexity index is 352. The van der Waals surface area contributed by atoms with E-state index in [1.165, 1.54) is 12.0 Å². The monoisotopic (exact) mass is 326 g/mol. The van der Waals surface area contributed by atoms with Gasteiger partial charge in [-0.15, -0.1) is 0 Å². The third-order valence-electron chi connectivity index (χ3n) is 3.79. The summed E-state index contributed by atoms with van der Waals surface area (Å²) < 4.78 is 9.96. The van der Waals surface area contributed by atoms with Gasteiger partial charge in [-0.3, -0.25) is 9.59 Å². The number of rotatable bonds is 12. The second-order valence-electron chi connectivity index (χ2n) is 6.31. The molecule has 0 N–H and O–H groups in total. The normalized spacial score (nSPS) is 11.9. The van der Waals surface area contributed by atoms with E-state index in [2.05, 4.69) is 26.8 Å². The molecule has 0 aromatic heterocycles. The molecule has 0 aliphatic carbocycles. The Labute approximate surface area is 141 Å². The van der Waals surface area contributed by atoms with E-state index in [1.807, 2.05) is 0 Å². The number of esters is 2. The van der Waals surface area contributed by atoms with Gasteiger partial charge >= 0.3 is 11.9 Å². The molecule has 134 valence electrons. The number of hydrogen-bond acceptors (Lipinski definition) is 4. The van der Waals surface area contributed by atoms with E-state index in [4.69, 9.17) is 9.47 Å². The minimum Gasteiger partial charge on any atom is -0.465 e. The first-order valence-electron chi connectivity index (χ1n) is 8.88. The summed E-state index contributed by atoms with van der Waals surface area (Å²) in [6.45, 7) is 10.6. The minimum absolute atomic E-state index is 0.288. The van der Waals surface area contributed by atoms with Crippen LogP contribution in [0, 0.1) is 11.8 Å². The summed E-state index contributed by atoms with van der Waals surface area (Å²) in [5.74, 6) is -1.02. The van der Waals surface area contributed by atoms with Gasteiger partial charge in [0.25, 0.3) is 0 Å². The molecule has 0 aliphatic rings. The first-order valence-corrected chi connectivity index (χ1v) is 8.88. The van der Waals surface area contributed by atoms with Gasteiger partial charge < -0.3 is 9.47 Å². The predicted molar refractivity (Wildman–Crippen MR) is 93.1 cm³/mol. The van der Waals surface area contributed by atoms with Crippen molar-refractivity contribution in [1.29, 1.82) is 0 Å². The van der Waals surface area contributed by atoms with Crippen molar-refractivity contribution >= 4 is 11.9 Å². The highest BCUT2D eigenvalue weighted by Gasteiger charge is 2.28. The van der Waals surface area contributed by atoms with Crippen molar-refractivity contribution in [3.05, 3.63) is 11.6 Å². The molecule has 0 saturated heterocycles. The molecule has 4 heteroatoms. The SMILES string of the molecule is CCOC(=O)C(CCCC[C@H](C)CCC=C(C)C)C(=O)OCC. The molecular weight excluding hydrogens is 292 g/mol. The van der Waals surface area contributed by atoms with Crippen LogP contribution in [0.3, 0.4) is 0 Å². The molecule has 0 rings (SSSR count). The molecule has 0 bridgehead atoms. The molecule has 23 heavy (non-hydrogen) atoms. The second kappa shape index (κ2) is 13.1. The number of unbranched alkanes of at least 4 members (excludes halogenated alkanes) is 1. The summed E-state index contributed by atoms with van der Waals surface area (Å²) in [5.41, 5.74) is 1.36. The summed E-state index contributed by atoms with van der Waals surface area (Å²) in [6.07, 6.45) is 8.07. The summed E-state index contributed by atoms with van der Waals surface area (Å²) in [6, 6.07) is 0. The van der Waals surface area contributed by atoms with E-state index >= 15 is 0 Å². The zero-order valence-electron chi connectivity index (χ0n) is 15.5. The zero-order chi connectivity index (χ0) is 17.7. The van der Waals surface area contributed by atoms with Gasteiger partial charge in [0.1, 0.15) is 0 Å². The van der Waals surface area contributed by atoms with Gasteiger partial charge in [-0.25, -0.2) is 0 Å². The highest BCUT2D eigenvalue weighted by Crippen LogP contribution is 2.19. The van der Waals surface area contributed by atoms with Gasteiger partial charge in [0.2, 0.25) is 0 Å². The van der Waals surface area contributed by atoms with Gasteiger partial charge in [-0.1, -0.05) is 37.8 Å². The third kappa shape index (κ3) is 10.9. The van der Waals surface area contributed by atoms with Crippen molar-refractivity contribution < 1.29 is 19.1 Å². The Morgan fingerprint density at radius 3 is 1.91 bits per heavy atom. The Hall–Kier alpha value is -1.32. The number of carbonyl (C=O) groups is 2. The molecule has 0 aromatic carbocycles. The van der Waals surface area contributed by atoms with Crippen LogP contribution >= 0.6 is 0 Å².